The summed E-state index contributed by atoms with van der Waals surface area (Å²) in [6, 6.07) is 5.29. The maximum absolute atomic E-state index is 11.3. The first kappa shape index (κ1) is 13.5. The Morgan fingerprint density at radius 1 is 1.35 bits per heavy atom. The molecule has 5 nitrogen and oxygen atoms in total. The number of alkyl halides is 1. The number of ether oxygens (including phenoxy) is 1. The molecule has 0 unspecified atom stereocenters. The molecule has 6 heteroatoms. The Morgan fingerprint density at radius 3 is 2.47 bits per heavy atom. The Balaban J connectivity index is 2.54. The van der Waals surface area contributed by atoms with Gasteiger partial charge < -0.3 is 15.6 Å². The number of hydrogen-bond acceptors (Lipinski definition) is 5. The normalized spacial score (nSPS) is 11.9. The van der Waals surface area contributed by atoms with E-state index in [0.29, 0.717) is 0 Å². The van der Waals surface area contributed by atoms with Crippen LogP contribution in [0.15, 0.2) is 24.3 Å². The number of nitrogens with two attached hydrogens (primary N) is 1. The van der Waals surface area contributed by atoms with Gasteiger partial charge in [0.2, 0.25) is 0 Å². The summed E-state index contributed by atoms with van der Waals surface area (Å²) in [5.74, 6) is -1.90. The quantitative estimate of drug-likeness (QED) is 0.468. The molecule has 1 aromatic carbocycles. The minimum absolute atomic E-state index is 0.127. The molecule has 0 spiro atoms. The van der Waals surface area contributed by atoms with E-state index in [-0.39, 0.29) is 12.2 Å². The summed E-state index contributed by atoms with van der Waals surface area (Å²) in [4.78, 5) is 22.1. The van der Waals surface area contributed by atoms with Crippen LogP contribution in [-0.4, -0.2) is 29.0 Å². The van der Waals surface area contributed by atoms with Gasteiger partial charge in [-0.15, -0.1) is 11.6 Å². The van der Waals surface area contributed by atoms with E-state index in [4.69, 9.17) is 22.4 Å². The van der Waals surface area contributed by atoms with Gasteiger partial charge in [0.25, 0.3) is 0 Å². The molecule has 1 rings (SSSR count). The highest BCUT2D eigenvalue weighted by Crippen LogP contribution is 2.11. The molecule has 0 radical (unpaired) electrons. The predicted molar refractivity (Wildman–Crippen MR) is 61.6 cm³/mol. The number of benzene rings is 1. The fourth-order valence-electron chi connectivity index (χ4n) is 1.18. The molecule has 0 amide bonds. The number of carbonyl (C=O) groups excluding carboxylic acids is 2. The fourth-order valence-corrected chi connectivity index (χ4v) is 1.24. The van der Waals surface area contributed by atoms with E-state index < -0.39 is 23.9 Å². The molecule has 3 N–H and O–H groups in total. The molecule has 0 aliphatic heterocycles. The zero-order valence-electron chi connectivity index (χ0n) is 8.93. The zero-order chi connectivity index (χ0) is 12.8. The topological polar surface area (TPSA) is 89.6 Å². The van der Waals surface area contributed by atoms with Crippen molar-refractivity contribution in [2.45, 2.75) is 12.5 Å². The summed E-state index contributed by atoms with van der Waals surface area (Å²) in [5, 5.41) is 9.07. The van der Waals surface area contributed by atoms with E-state index in [1.807, 2.05) is 0 Å². The van der Waals surface area contributed by atoms with Gasteiger partial charge in [-0.1, -0.05) is 12.1 Å². The number of phenols is 1. The van der Waals surface area contributed by atoms with Crippen molar-refractivity contribution in [2.75, 3.05) is 5.88 Å². The molecule has 0 aliphatic rings. The molecule has 0 aromatic heterocycles. The minimum Gasteiger partial charge on any atom is -0.508 e. The van der Waals surface area contributed by atoms with Crippen molar-refractivity contribution in [2.24, 2.45) is 5.73 Å². The molecular weight excluding hydrogens is 246 g/mol. The number of aromatic hydroxyl groups is 1. The van der Waals surface area contributed by atoms with Crippen molar-refractivity contribution in [3.05, 3.63) is 29.8 Å². The second-order valence-corrected chi connectivity index (χ2v) is 3.67. The molecule has 92 valence electrons. The third-order valence-corrected chi connectivity index (χ3v) is 2.24. The van der Waals surface area contributed by atoms with Crippen LogP contribution in [0.2, 0.25) is 0 Å². The molecule has 0 aliphatic carbocycles. The van der Waals surface area contributed by atoms with Crippen molar-refractivity contribution < 1.29 is 19.4 Å². The fraction of sp³-hybridized carbons (Fsp3) is 0.273. The molecule has 0 saturated heterocycles. The van der Waals surface area contributed by atoms with E-state index in [9.17, 15) is 9.59 Å². The van der Waals surface area contributed by atoms with Crippen LogP contribution in [0.3, 0.4) is 0 Å². The molecule has 1 aromatic rings. The minimum atomic E-state index is -0.938. The summed E-state index contributed by atoms with van der Waals surface area (Å²) in [7, 11) is 0. The number of halogens is 1. The first-order valence-corrected chi connectivity index (χ1v) is 5.40. The maximum Gasteiger partial charge on any atom is 0.330 e. The van der Waals surface area contributed by atoms with Gasteiger partial charge in [0, 0.05) is 0 Å². The van der Waals surface area contributed by atoms with Gasteiger partial charge in [-0.25, -0.2) is 4.79 Å². The molecule has 0 fully saturated rings. The third-order valence-electron chi connectivity index (χ3n) is 2.02. The van der Waals surface area contributed by atoms with Crippen LogP contribution in [-0.2, 0) is 20.7 Å². The van der Waals surface area contributed by atoms with Crippen molar-refractivity contribution in [3.63, 3.8) is 0 Å². The Labute approximate surface area is 103 Å². The summed E-state index contributed by atoms with van der Waals surface area (Å²) in [6.07, 6.45) is 0.217. The highest BCUT2D eigenvalue weighted by atomic mass is 35.5. The summed E-state index contributed by atoms with van der Waals surface area (Å²) in [6.45, 7) is 0. The van der Waals surface area contributed by atoms with Gasteiger partial charge in [0.1, 0.15) is 17.7 Å². The standard InChI is InChI=1S/C11H12ClNO4/c12-6-10(15)17-11(16)9(13)5-7-1-3-8(14)4-2-7/h1-4,9,14H,5-6,13H2/t9-/m0/s1. The van der Waals surface area contributed by atoms with E-state index >= 15 is 0 Å². The molecule has 0 saturated carbocycles. The van der Waals surface area contributed by atoms with Crippen LogP contribution in [0, 0.1) is 0 Å². The predicted octanol–water partition coefficient (Wildman–Crippen LogP) is 0.571. The smallest absolute Gasteiger partial charge is 0.330 e. The van der Waals surface area contributed by atoms with Crippen LogP contribution in [0.4, 0.5) is 0 Å². The van der Waals surface area contributed by atoms with E-state index in [1.54, 1.807) is 12.1 Å². The van der Waals surface area contributed by atoms with Crippen molar-refractivity contribution >= 4 is 23.5 Å². The average molecular weight is 258 g/mol. The van der Waals surface area contributed by atoms with Gasteiger partial charge in [-0.2, -0.15) is 0 Å². The van der Waals surface area contributed by atoms with Gasteiger partial charge in [-0.05, 0) is 24.1 Å². The molecule has 17 heavy (non-hydrogen) atoms. The maximum atomic E-state index is 11.3. The van der Waals surface area contributed by atoms with Crippen LogP contribution < -0.4 is 5.73 Å². The molecular formula is C11H12ClNO4. The molecule has 0 bridgehead atoms. The Hall–Kier alpha value is -1.59. The van der Waals surface area contributed by atoms with E-state index in [2.05, 4.69) is 4.74 Å². The monoisotopic (exact) mass is 257 g/mol. The van der Waals surface area contributed by atoms with Crippen molar-refractivity contribution in [1.82, 2.24) is 0 Å². The lowest BCUT2D eigenvalue weighted by molar-refractivity contribution is -0.158. The second-order valence-electron chi connectivity index (χ2n) is 3.40. The summed E-state index contributed by atoms with van der Waals surface area (Å²) < 4.78 is 4.37. The van der Waals surface area contributed by atoms with Gasteiger partial charge >= 0.3 is 11.9 Å². The average Bonchev–Trinajstić information content (AvgIpc) is 2.31. The van der Waals surface area contributed by atoms with Crippen molar-refractivity contribution in [3.8, 4) is 5.75 Å². The number of hydrogen-bond donors (Lipinski definition) is 2. The number of esters is 2. The molecule has 0 heterocycles. The van der Waals surface area contributed by atoms with Gasteiger partial charge in [-0.3, -0.25) is 4.79 Å². The van der Waals surface area contributed by atoms with Gasteiger partial charge in [0.15, 0.2) is 0 Å². The highest BCUT2D eigenvalue weighted by Gasteiger charge is 2.18. The summed E-state index contributed by atoms with van der Waals surface area (Å²) >= 11 is 5.18. The van der Waals surface area contributed by atoms with Crippen LogP contribution in [0.5, 0.6) is 5.75 Å². The van der Waals surface area contributed by atoms with Crippen molar-refractivity contribution in [1.29, 1.82) is 0 Å². The third kappa shape index (κ3) is 4.42. The first-order valence-electron chi connectivity index (χ1n) is 4.87. The van der Waals surface area contributed by atoms with Crippen LogP contribution in [0.1, 0.15) is 5.56 Å². The number of rotatable bonds is 4. The zero-order valence-corrected chi connectivity index (χ0v) is 9.68. The van der Waals surface area contributed by atoms with Crippen LogP contribution >= 0.6 is 11.6 Å². The lowest BCUT2D eigenvalue weighted by Gasteiger charge is -2.09. The summed E-state index contributed by atoms with van der Waals surface area (Å²) in [5.41, 5.74) is 6.31. The Kier molecular flexibility index (Phi) is 4.93. The molecule has 1 atom stereocenters. The largest absolute Gasteiger partial charge is 0.508 e. The number of phenolic OH excluding ortho intramolecular Hbond substituents is 1. The van der Waals surface area contributed by atoms with E-state index in [1.165, 1.54) is 12.1 Å². The Bertz CT molecular complexity index is 404. The van der Waals surface area contributed by atoms with E-state index in [0.717, 1.165) is 5.56 Å². The Morgan fingerprint density at radius 2 is 1.94 bits per heavy atom. The highest BCUT2D eigenvalue weighted by molar-refractivity contribution is 6.27. The lowest BCUT2D eigenvalue weighted by atomic mass is 10.1. The lowest BCUT2D eigenvalue weighted by Crippen LogP contribution is -2.35. The van der Waals surface area contributed by atoms with Crippen LogP contribution in [0.25, 0.3) is 0 Å². The number of carbonyl (C=O) groups is 2. The van der Waals surface area contributed by atoms with Gasteiger partial charge in [0.05, 0.1) is 0 Å². The second kappa shape index (κ2) is 6.22. The SMILES string of the molecule is N[C@@H](Cc1ccc(O)cc1)C(=O)OC(=O)CCl. The first-order chi connectivity index (χ1) is 8.02.